The lowest BCUT2D eigenvalue weighted by Gasteiger charge is -2.42. The van der Waals surface area contributed by atoms with Crippen molar-refractivity contribution in [1.29, 1.82) is 0 Å². The molecular formula is C50H29BN2S4. The summed E-state index contributed by atoms with van der Waals surface area (Å²) in [7, 11) is 0. The third-order valence-corrected chi connectivity index (χ3v) is 16.5. The number of anilines is 6. The second-order valence-corrected chi connectivity index (χ2v) is 18.9. The average molecular weight is 797 g/mol. The van der Waals surface area contributed by atoms with E-state index < -0.39 is 0 Å². The monoisotopic (exact) mass is 796 g/mol. The molecule has 2 nitrogen and oxygen atoms in total. The molecule has 0 saturated carbocycles. The van der Waals surface area contributed by atoms with Crippen LogP contribution in [0.15, 0.2) is 176 Å². The minimum Gasteiger partial charge on any atom is -0.301 e. The maximum absolute atomic E-state index is 2.65. The fourth-order valence-corrected chi connectivity index (χ4v) is 14.3. The molecule has 2 aliphatic heterocycles. The summed E-state index contributed by atoms with van der Waals surface area (Å²) in [5, 5.41) is 7.87. The van der Waals surface area contributed by atoms with Gasteiger partial charge in [0.2, 0.25) is 0 Å². The summed E-state index contributed by atoms with van der Waals surface area (Å²) in [6.45, 7) is 0.0520. The summed E-state index contributed by atoms with van der Waals surface area (Å²) in [5.74, 6) is 0. The van der Waals surface area contributed by atoms with Crippen molar-refractivity contribution in [2.24, 2.45) is 0 Å². The third kappa shape index (κ3) is 4.51. The first-order valence-electron chi connectivity index (χ1n) is 19.2. The van der Waals surface area contributed by atoms with Gasteiger partial charge in [-0.3, -0.25) is 0 Å². The van der Waals surface area contributed by atoms with E-state index >= 15 is 0 Å². The van der Waals surface area contributed by atoms with Gasteiger partial charge in [-0.25, -0.2) is 0 Å². The molecule has 266 valence electrons. The van der Waals surface area contributed by atoms with Crippen LogP contribution >= 0.6 is 45.3 Å². The van der Waals surface area contributed by atoms with Crippen molar-refractivity contribution in [3.8, 4) is 20.9 Å². The Morgan fingerprint density at radius 2 is 0.684 bits per heavy atom. The molecule has 6 heterocycles. The Balaban J connectivity index is 1.20. The van der Waals surface area contributed by atoms with E-state index in [9.17, 15) is 0 Å². The average Bonchev–Trinajstić information content (AvgIpc) is 4.05. The summed E-state index contributed by atoms with van der Waals surface area (Å²) in [4.78, 5) is 7.89. The summed E-state index contributed by atoms with van der Waals surface area (Å²) < 4.78 is 5.24. The number of fused-ring (bicyclic) bond motifs is 10. The van der Waals surface area contributed by atoms with Crippen LogP contribution in [0.4, 0.5) is 32.8 Å². The molecule has 2 aliphatic rings. The van der Waals surface area contributed by atoms with E-state index in [0.29, 0.717) is 0 Å². The van der Waals surface area contributed by atoms with Crippen LogP contribution in [0.2, 0.25) is 0 Å². The molecule has 0 fully saturated rings. The molecule has 7 aromatic carbocycles. The van der Waals surface area contributed by atoms with Gasteiger partial charge in [0.05, 0.1) is 31.1 Å². The van der Waals surface area contributed by atoms with Crippen LogP contribution in [0, 0.1) is 0 Å². The van der Waals surface area contributed by atoms with Gasteiger partial charge >= 0.3 is 0 Å². The van der Waals surface area contributed by atoms with Gasteiger partial charge in [0, 0.05) is 40.9 Å². The topological polar surface area (TPSA) is 6.48 Å². The Hall–Kier alpha value is -5.96. The lowest BCUT2D eigenvalue weighted by Crippen LogP contribution is -2.60. The second-order valence-electron chi connectivity index (χ2n) is 14.7. The van der Waals surface area contributed by atoms with Crippen molar-refractivity contribution in [3.05, 3.63) is 176 Å². The molecule has 11 aromatic rings. The molecule has 0 radical (unpaired) electrons. The van der Waals surface area contributed by atoms with Crippen LogP contribution in [0.1, 0.15) is 0 Å². The van der Waals surface area contributed by atoms with Gasteiger partial charge in [0.25, 0.3) is 6.71 Å². The molecule has 0 bridgehead atoms. The van der Waals surface area contributed by atoms with E-state index in [-0.39, 0.29) is 6.71 Å². The third-order valence-electron chi connectivity index (χ3n) is 11.7. The molecule has 0 saturated heterocycles. The van der Waals surface area contributed by atoms with Crippen LogP contribution in [0.5, 0.6) is 0 Å². The van der Waals surface area contributed by atoms with E-state index in [0.717, 1.165) is 0 Å². The van der Waals surface area contributed by atoms with Crippen LogP contribution in [-0.2, 0) is 0 Å². The van der Waals surface area contributed by atoms with E-state index in [1.54, 1.807) is 0 Å². The molecule has 7 heteroatoms. The smallest absolute Gasteiger partial charge is 0.256 e. The van der Waals surface area contributed by atoms with E-state index in [2.05, 4.69) is 186 Å². The zero-order valence-electron chi connectivity index (χ0n) is 30.3. The van der Waals surface area contributed by atoms with Gasteiger partial charge in [0.15, 0.2) is 0 Å². The predicted octanol–water partition coefficient (Wildman–Crippen LogP) is 14.0. The molecule has 0 amide bonds. The SMILES string of the molecule is c1ccc(-c2sc3ccccc3c2N2c3cccc4c3B(c3c2sc2ccccc32)c2c(sc3ccccc23)N4c2c(-c3ccccc3)sc3ccccc23)cc1. The summed E-state index contributed by atoms with van der Waals surface area (Å²) in [5.41, 5.74) is 11.7. The Bertz CT molecular complexity index is 3170. The lowest BCUT2D eigenvalue weighted by molar-refractivity contribution is 1.31. The van der Waals surface area contributed by atoms with E-state index in [1.807, 2.05) is 45.3 Å². The van der Waals surface area contributed by atoms with Gasteiger partial charge < -0.3 is 9.80 Å². The zero-order chi connectivity index (χ0) is 37.2. The van der Waals surface area contributed by atoms with Crippen molar-refractivity contribution in [2.45, 2.75) is 0 Å². The lowest BCUT2D eigenvalue weighted by atomic mass is 9.33. The first-order valence-corrected chi connectivity index (χ1v) is 22.5. The highest BCUT2D eigenvalue weighted by Gasteiger charge is 2.48. The molecule has 57 heavy (non-hydrogen) atoms. The normalized spacial score (nSPS) is 13.2. The molecule has 0 spiro atoms. The van der Waals surface area contributed by atoms with Crippen molar-refractivity contribution < 1.29 is 0 Å². The number of rotatable bonds is 4. The van der Waals surface area contributed by atoms with Gasteiger partial charge in [-0.15, -0.1) is 45.3 Å². The Labute approximate surface area is 345 Å². The summed E-state index contributed by atoms with van der Waals surface area (Å²) in [6, 6.07) is 65.2. The van der Waals surface area contributed by atoms with E-state index in [1.165, 1.54) is 110 Å². The van der Waals surface area contributed by atoms with Gasteiger partial charge in [-0.05, 0) is 74.7 Å². The van der Waals surface area contributed by atoms with Crippen LogP contribution in [0.25, 0.3) is 61.2 Å². The maximum Gasteiger partial charge on any atom is 0.256 e. The fourth-order valence-electron chi connectivity index (χ4n) is 9.40. The predicted molar refractivity (Wildman–Crippen MR) is 253 cm³/mol. The molecule has 13 rings (SSSR count). The Morgan fingerprint density at radius 3 is 1.12 bits per heavy atom. The molecule has 0 atom stereocenters. The minimum atomic E-state index is 0.0520. The summed E-state index contributed by atoms with van der Waals surface area (Å²) in [6.07, 6.45) is 0. The Morgan fingerprint density at radius 1 is 0.316 bits per heavy atom. The standard InChI is InChI=1S/C50H29BN2S4/c1-3-16-30(17-4-1)47-45(34-22-9-13-28-40(34)54-47)52-36-24-15-25-37-44(36)51(42-32-20-7-11-26-38(32)56-49(42)52)43-33-21-8-12-27-39(33)57-50(43)53(37)46-35-23-10-14-29-41(35)55-48(46)31-18-5-2-6-19-31/h1-29H. The molecule has 0 N–H and O–H groups in total. The second kappa shape index (κ2) is 12.3. The van der Waals surface area contributed by atoms with Crippen molar-refractivity contribution in [1.82, 2.24) is 0 Å². The first kappa shape index (κ1) is 32.2. The van der Waals surface area contributed by atoms with Crippen LogP contribution in [0.3, 0.4) is 0 Å². The van der Waals surface area contributed by atoms with Gasteiger partial charge in [-0.1, -0.05) is 140 Å². The summed E-state index contributed by atoms with van der Waals surface area (Å²) >= 11 is 7.67. The fraction of sp³-hybridized carbons (Fsp3) is 0. The highest BCUT2D eigenvalue weighted by molar-refractivity contribution is 7.30. The van der Waals surface area contributed by atoms with Crippen molar-refractivity contribution in [3.63, 3.8) is 0 Å². The molecule has 0 aliphatic carbocycles. The number of nitrogens with zero attached hydrogens (tertiary/aromatic N) is 2. The van der Waals surface area contributed by atoms with Crippen molar-refractivity contribution in [2.75, 3.05) is 9.80 Å². The molecule has 4 aromatic heterocycles. The highest BCUT2D eigenvalue weighted by Crippen LogP contribution is 2.57. The van der Waals surface area contributed by atoms with Crippen molar-refractivity contribution >= 4 is 142 Å². The highest BCUT2D eigenvalue weighted by atomic mass is 32.1. The van der Waals surface area contributed by atoms with Crippen LogP contribution in [-0.4, -0.2) is 6.71 Å². The molecular weight excluding hydrogens is 768 g/mol. The maximum atomic E-state index is 2.65. The first-order chi connectivity index (χ1) is 28.3. The van der Waals surface area contributed by atoms with Gasteiger partial charge in [0.1, 0.15) is 0 Å². The minimum absolute atomic E-state index is 0.0520. The quantitative estimate of drug-likeness (QED) is 0.164. The number of benzene rings is 7. The number of hydrogen-bond donors (Lipinski definition) is 0. The number of hydrogen-bond acceptors (Lipinski definition) is 6. The zero-order valence-corrected chi connectivity index (χ0v) is 33.6. The Kier molecular flexibility index (Phi) is 6.92. The number of thiophene rings is 4. The van der Waals surface area contributed by atoms with Gasteiger partial charge in [-0.2, -0.15) is 0 Å². The van der Waals surface area contributed by atoms with Crippen LogP contribution < -0.4 is 26.2 Å². The molecule has 0 unspecified atom stereocenters. The largest absolute Gasteiger partial charge is 0.301 e. The van der Waals surface area contributed by atoms with E-state index in [4.69, 9.17) is 0 Å².